The number of anilines is 3. The zero-order chi connectivity index (χ0) is 45.6. The van der Waals surface area contributed by atoms with Crippen LogP contribution in [0.3, 0.4) is 0 Å². The number of ether oxygens (including phenoxy) is 1. The molecule has 330 valence electrons. The van der Waals surface area contributed by atoms with Crippen molar-refractivity contribution in [2.24, 2.45) is 0 Å². The molecule has 0 aliphatic carbocycles. The van der Waals surface area contributed by atoms with E-state index in [0.29, 0.717) is 41.6 Å². The van der Waals surface area contributed by atoms with E-state index in [1.165, 1.54) is 46.6 Å². The third kappa shape index (κ3) is 17.7. The van der Waals surface area contributed by atoms with Gasteiger partial charge in [-0.1, -0.05) is 113 Å². The number of benzene rings is 2. The second-order valence-electron chi connectivity index (χ2n) is 17.0. The molecule has 0 bridgehead atoms. The monoisotopic (exact) mass is 935 g/mol. The first-order valence-corrected chi connectivity index (χ1v) is 22.0. The predicted molar refractivity (Wildman–Crippen MR) is 250 cm³/mol. The van der Waals surface area contributed by atoms with Gasteiger partial charge in [-0.3, -0.25) is 20.2 Å². The summed E-state index contributed by atoms with van der Waals surface area (Å²) in [5.74, 6) is 1.79. The largest absolute Gasteiger partial charge is 1.00 e. The maximum Gasteiger partial charge on any atom is 1.00 e. The number of fused-ring (bicyclic) bond motifs is 1. The summed E-state index contributed by atoms with van der Waals surface area (Å²) in [6, 6.07) is 20.6. The quantitative estimate of drug-likeness (QED) is 0.0846. The molecule has 0 fully saturated rings. The minimum absolute atomic E-state index is 0. The van der Waals surface area contributed by atoms with Gasteiger partial charge in [-0.15, -0.1) is 5.60 Å². The number of nitro groups is 2. The number of aliphatic hydroxyl groups excluding tert-OH is 1. The van der Waals surface area contributed by atoms with Gasteiger partial charge in [0.25, 0.3) is 11.4 Å². The van der Waals surface area contributed by atoms with E-state index < -0.39 is 15.4 Å². The molecule has 1 aliphatic heterocycles. The summed E-state index contributed by atoms with van der Waals surface area (Å²) in [6.07, 6.45) is 2.47. The van der Waals surface area contributed by atoms with Gasteiger partial charge in [0.15, 0.2) is 11.6 Å². The molecule has 5 rings (SSSR count). The summed E-state index contributed by atoms with van der Waals surface area (Å²) in [6.45, 7) is 26.4. The van der Waals surface area contributed by atoms with E-state index in [2.05, 4.69) is 135 Å². The van der Waals surface area contributed by atoms with Gasteiger partial charge in [-0.05, 0) is 57.0 Å². The maximum atomic E-state index is 10.5. The number of likely N-dealkylation sites (N-methyl/N-ethyl adjacent to an activating group) is 2. The zero-order valence-electron chi connectivity index (χ0n) is 38.5. The van der Waals surface area contributed by atoms with Crippen LogP contribution in [0.4, 0.5) is 28.7 Å². The molecule has 0 radical (unpaired) electrons. The van der Waals surface area contributed by atoms with Crippen LogP contribution in [-0.4, -0.2) is 94.3 Å². The third-order valence-corrected chi connectivity index (χ3v) is 12.7. The molecule has 3 heterocycles. The van der Waals surface area contributed by atoms with Gasteiger partial charge in [-0.2, -0.15) is 0 Å². The van der Waals surface area contributed by atoms with Gasteiger partial charge in [0.05, 0.1) is 33.5 Å². The molecular formula is C44H64BrN7NaO7P. The minimum Gasteiger partial charge on any atom is -0.850 e. The van der Waals surface area contributed by atoms with E-state index in [-0.39, 0.29) is 65.8 Å². The topological polar surface area (TPSA) is 174 Å². The fourth-order valence-corrected chi connectivity index (χ4v) is 11.3. The van der Waals surface area contributed by atoms with Crippen LogP contribution in [0.2, 0.25) is 0 Å². The van der Waals surface area contributed by atoms with Crippen molar-refractivity contribution in [1.82, 2.24) is 9.97 Å². The summed E-state index contributed by atoms with van der Waals surface area (Å²) < 4.78 is 5.89. The van der Waals surface area contributed by atoms with E-state index in [4.69, 9.17) is 9.84 Å². The molecule has 0 unspecified atom stereocenters. The van der Waals surface area contributed by atoms with Crippen molar-refractivity contribution in [3.8, 4) is 16.9 Å². The minimum atomic E-state index is -0.750. The van der Waals surface area contributed by atoms with Crippen LogP contribution in [0, 0.1) is 20.2 Å². The SMILES string of the molecule is CC(C)(C)[O-].CCN(CCO)c1ncc([N+](=O)[O-])cc1Br.CCN1CCOc2cc([N+](=O)[O-])cnc21.CN(C)c1ccccc1-c1ccccc1P(C(C)(C)C)C(C)(C)C.[Na+]. The molecule has 17 heteroatoms. The molecule has 61 heavy (non-hydrogen) atoms. The molecule has 4 aromatic rings. The molecule has 0 atom stereocenters. The Hall–Kier alpha value is -3.43. The average molecular weight is 937 g/mol. The van der Waals surface area contributed by atoms with Crippen LogP contribution in [0.5, 0.6) is 5.75 Å². The summed E-state index contributed by atoms with van der Waals surface area (Å²) in [4.78, 5) is 34.2. The fraction of sp³-hybridized carbons (Fsp3) is 0.500. The van der Waals surface area contributed by atoms with Crippen LogP contribution in [-0.2, 0) is 0 Å². The van der Waals surface area contributed by atoms with Crippen LogP contribution < -0.4 is 59.4 Å². The van der Waals surface area contributed by atoms with Crippen molar-refractivity contribution in [3.63, 3.8) is 0 Å². The summed E-state index contributed by atoms with van der Waals surface area (Å²) in [5, 5.41) is 42.1. The van der Waals surface area contributed by atoms with Gasteiger partial charge in [0.1, 0.15) is 24.8 Å². The van der Waals surface area contributed by atoms with E-state index in [9.17, 15) is 25.3 Å². The first-order valence-electron chi connectivity index (χ1n) is 19.9. The fourth-order valence-electron chi connectivity index (χ4n) is 6.55. The van der Waals surface area contributed by atoms with Crippen molar-refractivity contribution in [2.75, 3.05) is 68.2 Å². The number of aromatic nitrogens is 2. The Labute approximate surface area is 394 Å². The Bertz CT molecular complexity index is 1990. The molecule has 0 spiro atoms. The molecule has 1 aliphatic rings. The summed E-state index contributed by atoms with van der Waals surface area (Å²) in [5.41, 5.74) is 3.15. The van der Waals surface area contributed by atoms with Gasteiger partial charge in [-0.25, -0.2) is 9.97 Å². The smallest absolute Gasteiger partial charge is 0.850 e. The van der Waals surface area contributed by atoms with E-state index >= 15 is 0 Å². The van der Waals surface area contributed by atoms with Gasteiger partial charge < -0.3 is 29.6 Å². The number of pyridine rings is 2. The Balaban J connectivity index is 0.000000442. The first-order chi connectivity index (χ1) is 27.8. The van der Waals surface area contributed by atoms with Gasteiger partial charge >= 0.3 is 29.6 Å². The number of hydrogen-bond acceptors (Lipinski definition) is 12. The van der Waals surface area contributed by atoms with E-state index in [0.717, 1.165) is 13.1 Å². The molecule has 1 N–H and O–H groups in total. The van der Waals surface area contributed by atoms with Crippen molar-refractivity contribution in [3.05, 3.63) is 97.8 Å². The molecule has 0 saturated heterocycles. The van der Waals surface area contributed by atoms with Crippen molar-refractivity contribution in [2.45, 2.75) is 92.1 Å². The van der Waals surface area contributed by atoms with Crippen LogP contribution in [0.1, 0.15) is 76.2 Å². The predicted octanol–water partition coefficient (Wildman–Crippen LogP) is 6.05. The number of nitrogens with zero attached hydrogens (tertiary/aromatic N) is 7. The number of para-hydroxylation sites is 1. The Morgan fingerprint density at radius 2 is 1.36 bits per heavy atom. The number of hydrogen-bond donors (Lipinski definition) is 1. The van der Waals surface area contributed by atoms with Crippen molar-refractivity contribution in [1.29, 1.82) is 0 Å². The van der Waals surface area contributed by atoms with Crippen molar-refractivity contribution < 1.29 is 54.4 Å². The number of aliphatic hydroxyl groups is 1. The number of halogens is 1. The van der Waals surface area contributed by atoms with Crippen molar-refractivity contribution >= 4 is 57.9 Å². The van der Waals surface area contributed by atoms with E-state index in [1.54, 1.807) is 20.8 Å². The first kappa shape index (κ1) is 55.6. The summed E-state index contributed by atoms with van der Waals surface area (Å²) >= 11 is 3.24. The van der Waals surface area contributed by atoms with Crippen LogP contribution in [0.25, 0.3) is 11.1 Å². The molecule has 0 amide bonds. The molecule has 14 nitrogen and oxygen atoms in total. The second-order valence-corrected chi connectivity index (χ2v) is 21.7. The van der Waals surface area contributed by atoms with Crippen LogP contribution >= 0.6 is 23.9 Å². The zero-order valence-corrected chi connectivity index (χ0v) is 43.0. The Kier molecular flexibility index (Phi) is 22.8. The molecule has 2 aromatic carbocycles. The maximum absolute atomic E-state index is 10.5. The molecule has 2 aromatic heterocycles. The second kappa shape index (κ2) is 25.0. The Morgan fingerprint density at radius 3 is 1.84 bits per heavy atom. The summed E-state index contributed by atoms with van der Waals surface area (Å²) in [7, 11) is 3.91. The third-order valence-electron chi connectivity index (χ3n) is 8.56. The van der Waals surface area contributed by atoms with Gasteiger partial charge in [0.2, 0.25) is 0 Å². The van der Waals surface area contributed by atoms with Crippen LogP contribution in [0.15, 0.2) is 77.5 Å². The number of rotatable bonds is 10. The van der Waals surface area contributed by atoms with Gasteiger partial charge in [0, 0.05) is 51.0 Å². The normalized spacial score (nSPS) is 12.1. The standard InChI is InChI=1S/C22H32NP.C9H12BrN3O3.C9H11N3O3.C4H9O.Na/c1-21(2,3)24(22(4,5)6)20-16-12-10-14-18(20)17-13-9-11-15-19(17)23(7)8;1-2-12(3-4-14)9-8(10)5-7(6-11-9)13(15)16;1-2-11-3-4-15-8-5-7(12(13)14)6-10-9(8)11;1-4(2,3)5;/h9-16H,1-8H3;5-6,14H,2-4H2,1H3;5-6H,2-4H2,1H3;1-3H3;/q;;;-1;+1. The van der Waals surface area contributed by atoms with E-state index in [1.807, 2.05) is 23.6 Å². The average Bonchev–Trinajstić information content (AvgIpc) is 3.15. The Morgan fingerprint density at radius 1 is 0.852 bits per heavy atom. The molecular weight excluding hydrogens is 872 g/mol. The molecule has 0 saturated carbocycles.